The molecule has 1 saturated heterocycles. The number of benzene rings is 1. The first kappa shape index (κ1) is 24.2. The molecule has 7 nitrogen and oxygen atoms in total. The highest BCUT2D eigenvalue weighted by Crippen LogP contribution is 2.24. The zero-order chi connectivity index (χ0) is 19.9. The van der Waals surface area contributed by atoms with Gasteiger partial charge in [-0.3, -0.25) is 9.58 Å². The van der Waals surface area contributed by atoms with Gasteiger partial charge in [0.2, 0.25) is 0 Å². The number of aromatic nitrogens is 3. The Morgan fingerprint density at radius 1 is 1.24 bits per heavy atom. The van der Waals surface area contributed by atoms with Gasteiger partial charge in [-0.2, -0.15) is 5.10 Å². The number of hydrogen-bond donors (Lipinski definition) is 2. The monoisotopic (exact) mass is 551 g/mol. The zero-order valence-corrected chi connectivity index (χ0v) is 20.6. The Bertz CT molecular complexity index is 804. The van der Waals surface area contributed by atoms with E-state index in [-0.39, 0.29) is 24.0 Å². The molecule has 1 aliphatic heterocycles. The number of guanidine groups is 1. The third kappa shape index (κ3) is 7.27. The second kappa shape index (κ2) is 11.9. The van der Waals surface area contributed by atoms with Crippen molar-refractivity contribution in [2.45, 2.75) is 38.9 Å². The maximum Gasteiger partial charge on any atom is 0.191 e. The maximum atomic E-state index is 6.13. The molecule has 0 saturated carbocycles. The molecule has 0 radical (unpaired) electrons. The third-order valence-corrected chi connectivity index (χ3v) is 5.59. The Kier molecular flexibility index (Phi) is 9.94. The van der Waals surface area contributed by atoms with Crippen LogP contribution in [-0.2, 0) is 20.1 Å². The Hall–Kier alpha value is -1.10. The highest BCUT2D eigenvalue weighted by molar-refractivity contribution is 14.0. The Morgan fingerprint density at radius 2 is 2.00 bits per heavy atom. The number of aliphatic imine (C=N–C) groups is 1. The van der Waals surface area contributed by atoms with Crippen LogP contribution in [0.4, 0.5) is 0 Å². The first-order chi connectivity index (χ1) is 13.5. The molecule has 0 atom stereocenters. The van der Waals surface area contributed by atoms with Gasteiger partial charge in [-0.05, 0) is 37.5 Å². The van der Waals surface area contributed by atoms with Gasteiger partial charge in [0.1, 0.15) is 18.7 Å². The molecule has 160 valence electrons. The van der Waals surface area contributed by atoms with Crippen LogP contribution in [0.2, 0.25) is 10.0 Å². The van der Waals surface area contributed by atoms with Gasteiger partial charge in [-0.25, -0.2) is 9.98 Å². The summed E-state index contributed by atoms with van der Waals surface area (Å²) in [6.07, 6.45) is 3.68. The second-order valence-electron chi connectivity index (χ2n) is 6.94. The van der Waals surface area contributed by atoms with Crippen LogP contribution in [0.5, 0.6) is 0 Å². The van der Waals surface area contributed by atoms with Crippen LogP contribution in [0.1, 0.15) is 31.2 Å². The zero-order valence-electron chi connectivity index (χ0n) is 16.7. The van der Waals surface area contributed by atoms with Crippen LogP contribution in [0.3, 0.4) is 0 Å². The molecule has 0 unspecified atom stereocenters. The van der Waals surface area contributed by atoms with Gasteiger partial charge in [0.25, 0.3) is 0 Å². The van der Waals surface area contributed by atoms with Crippen molar-refractivity contribution >= 4 is 53.1 Å². The smallest absolute Gasteiger partial charge is 0.191 e. The molecule has 2 N–H and O–H groups in total. The number of halogens is 3. The molecular weight excluding hydrogens is 524 g/mol. The van der Waals surface area contributed by atoms with E-state index in [9.17, 15) is 0 Å². The molecule has 1 aromatic heterocycles. The molecule has 0 amide bonds. The average Bonchev–Trinajstić information content (AvgIpc) is 3.09. The van der Waals surface area contributed by atoms with Crippen molar-refractivity contribution in [3.8, 4) is 0 Å². The van der Waals surface area contributed by atoms with E-state index in [0.717, 1.165) is 50.8 Å². The topological polar surface area (TPSA) is 70.4 Å². The van der Waals surface area contributed by atoms with E-state index < -0.39 is 0 Å². The first-order valence-corrected chi connectivity index (χ1v) is 10.3. The van der Waals surface area contributed by atoms with Crippen LogP contribution in [0.15, 0.2) is 29.5 Å². The van der Waals surface area contributed by atoms with Gasteiger partial charge in [-0.15, -0.1) is 24.0 Å². The van der Waals surface area contributed by atoms with E-state index in [0.29, 0.717) is 22.6 Å². The minimum atomic E-state index is 0. The van der Waals surface area contributed by atoms with Crippen LogP contribution in [0.25, 0.3) is 0 Å². The number of likely N-dealkylation sites (tertiary alicyclic amines) is 1. The third-order valence-electron chi connectivity index (χ3n) is 4.85. The minimum Gasteiger partial charge on any atom is -0.357 e. The largest absolute Gasteiger partial charge is 0.357 e. The van der Waals surface area contributed by atoms with Crippen molar-refractivity contribution in [3.05, 3.63) is 46.0 Å². The van der Waals surface area contributed by atoms with E-state index in [2.05, 4.69) is 37.5 Å². The number of piperidine rings is 1. The minimum absolute atomic E-state index is 0. The van der Waals surface area contributed by atoms with Gasteiger partial charge >= 0.3 is 0 Å². The maximum absolute atomic E-state index is 6.13. The lowest BCUT2D eigenvalue weighted by Crippen LogP contribution is -2.48. The Morgan fingerprint density at radius 3 is 2.62 bits per heavy atom. The van der Waals surface area contributed by atoms with E-state index in [4.69, 9.17) is 23.2 Å². The SMILES string of the molecule is CCNC(=NCc1ncnn1C)NC1CCN(Cc2ccc(Cl)c(Cl)c2)CC1.I. The van der Waals surface area contributed by atoms with Crippen LogP contribution in [0, 0.1) is 0 Å². The van der Waals surface area contributed by atoms with Crippen molar-refractivity contribution in [1.29, 1.82) is 0 Å². The van der Waals surface area contributed by atoms with Gasteiger partial charge in [-0.1, -0.05) is 29.3 Å². The summed E-state index contributed by atoms with van der Waals surface area (Å²) in [6.45, 7) is 6.34. The predicted molar refractivity (Wildman–Crippen MR) is 129 cm³/mol. The van der Waals surface area contributed by atoms with Gasteiger partial charge in [0, 0.05) is 39.3 Å². The van der Waals surface area contributed by atoms with Gasteiger partial charge in [0.05, 0.1) is 10.0 Å². The van der Waals surface area contributed by atoms with E-state index in [1.807, 2.05) is 25.2 Å². The summed E-state index contributed by atoms with van der Waals surface area (Å²) in [5, 5.41) is 12.2. The van der Waals surface area contributed by atoms with Gasteiger partial charge in [0.15, 0.2) is 5.96 Å². The van der Waals surface area contributed by atoms with Crippen LogP contribution < -0.4 is 10.6 Å². The molecule has 2 heterocycles. The van der Waals surface area contributed by atoms with Crippen molar-refractivity contribution in [2.75, 3.05) is 19.6 Å². The molecule has 1 aromatic carbocycles. The number of aryl methyl sites for hydroxylation is 1. The molecule has 0 spiro atoms. The molecule has 0 aliphatic carbocycles. The lowest BCUT2D eigenvalue weighted by atomic mass is 10.0. The lowest BCUT2D eigenvalue weighted by molar-refractivity contribution is 0.198. The number of nitrogens with one attached hydrogen (secondary N) is 2. The quantitative estimate of drug-likeness (QED) is 0.327. The average molecular weight is 552 g/mol. The summed E-state index contributed by atoms with van der Waals surface area (Å²) in [7, 11) is 1.88. The van der Waals surface area contributed by atoms with E-state index >= 15 is 0 Å². The fourth-order valence-corrected chi connectivity index (χ4v) is 3.58. The Labute approximate surface area is 199 Å². The molecule has 1 fully saturated rings. The normalized spacial score (nSPS) is 15.8. The second-order valence-corrected chi connectivity index (χ2v) is 7.75. The summed E-state index contributed by atoms with van der Waals surface area (Å²) < 4.78 is 1.74. The summed E-state index contributed by atoms with van der Waals surface area (Å²) in [6, 6.07) is 6.27. The number of nitrogens with zero attached hydrogens (tertiary/aromatic N) is 5. The fraction of sp³-hybridized carbons (Fsp3) is 0.526. The van der Waals surface area contributed by atoms with Crippen molar-refractivity contribution in [3.63, 3.8) is 0 Å². The highest BCUT2D eigenvalue weighted by atomic mass is 127. The number of hydrogen-bond acceptors (Lipinski definition) is 4. The van der Waals surface area contributed by atoms with Gasteiger partial charge < -0.3 is 10.6 Å². The molecule has 2 aromatic rings. The van der Waals surface area contributed by atoms with Crippen molar-refractivity contribution in [1.82, 2.24) is 30.3 Å². The molecular formula is C19H28Cl2IN7. The first-order valence-electron chi connectivity index (χ1n) is 9.59. The van der Waals surface area contributed by atoms with Crippen molar-refractivity contribution in [2.24, 2.45) is 12.0 Å². The predicted octanol–water partition coefficient (Wildman–Crippen LogP) is 3.46. The molecule has 0 bridgehead atoms. The molecule has 1 aliphatic rings. The highest BCUT2D eigenvalue weighted by Gasteiger charge is 2.20. The summed E-state index contributed by atoms with van der Waals surface area (Å²) >= 11 is 12.1. The number of rotatable bonds is 6. The molecule has 3 rings (SSSR count). The summed E-state index contributed by atoms with van der Waals surface area (Å²) in [5.74, 6) is 1.67. The summed E-state index contributed by atoms with van der Waals surface area (Å²) in [5.41, 5.74) is 1.19. The molecule has 29 heavy (non-hydrogen) atoms. The van der Waals surface area contributed by atoms with E-state index in [1.54, 1.807) is 11.0 Å². The molecule has 10 heteroatoms. The summed E-state index contributed by atoms with van der Waals surface area (Å²) in [4.78, 5) is 11.3. The van der Waals surface area contributed by atoms with Crippen LogP contribution >= 0.6 is 47.2 Å². The standard InChI is InChI=1S/C19H27Cl2N7.HI/c1-3-22-19(23-11-18-24-13-25-27(18)2)26-15-6-8-28(9-7-15)12-14-4-5-16(20)17(21)10-14;/h4-5,10,13,15H,3,6-9,11-12H2,1-2H3,(H2,22,23,26);1H. The van der Waals surface area contributed by atoms with E-state index in [1.165, 1.54) is 5.56 Å². The Balaban J connectivity index is 0.00000300. The van der Waals surface area contributed by atoms with Crippen LogP contribution in [-0.4, -0.2) is 51.3 Å². The van der Waals surface area contributed by atoms with Crippen molar-refractivity contribution < 1.29 is 0 Å². The fourth-order valence-electron chi connectivity index (χ4n) is 3.26. The lowest BCUT2D eigenvalue weighted by Gasteiger charge is -2.33.